The molecule has 1 aromatic heterocycles. The van der Waals surface area contributed by atoms with Gasteiger partial charge in [0.2, 0.25) is 0 Å². The minimum absolute atomic E-state index is 0.114. The maximum Gasteiger partial charge on any atom is 0.433 e. The molecule has 1 amide bonds. The van der Waals surface area contributed by atoms with Gasteiger partial charge in [-0.1, -0.05) is 29.3 Å². The highest BCUT2D eigenvalue weighted by Crippen LogP contribution is 2.32. The molecule has 1 heterocycles. The molecule has 0 unspecified atom stereocenters. The normalized spacial score (nSPS) is 11.4. The molecule has 5 nitrogen and oxygen atoms in total. The summed E-state index contributed by atoms with van der Waals surface area (Å²) in [4.78, 5) is 11.7. The Morgan fingerprint density at radius 1 is 1.35 bits per heavy atom. The van der Waals surface area contributed by atoms with Crippen LogP contribution in [-0.4, -0.2) is 15.9 Å². The van der Waals surface area contributed by atoms with Crippen LogP contribution in [0, 0.1) is 0 Å². The molecule has 124 valence electrons. The number of hydrogen-bond acceptors (Lipinski definition) is 3. The predicted molar refractivity (Wildman–Crippen MR) is 78.5 cm³/mol. The fourth-order valence-corrected chi connectivity index (χ4v) is 2.34. The second-order valence-corrected chi connectivity index (χ2v) is 5.25. The summed E-state index contributed by atoms with van der Waals surface area (Å²) in [7, 11) is 1.15. The molecule has 0 atom stereocenters. The van der Waals surface area contributed by atoms with Gasteiger partial charge in [-0.15, -0.1) is 0 Å². The molecule has 0 spiro atoms. The molecule has 0 aliphatic rings. The van der Waals surface area contributed by atoms with Crippen LogP contribution in [0.1, 0.15) is 11.3 Å². The first-order chi connectivity index (χ1) is 10.7. The summed E-state index contributed by atoms with van der Waals surface area (Å²) in [6, 6.07) is 4.56. The highest BCUT2D eigenvalue weighted by Gasteiger charge is 2.37. The van der Waals surface area contributed by atoms with E-state index < -0.39 is 24.6 Å². The molecule has 0 saturated carbocycles. The van der Waals surface area contributed by atoms with Crippen molar-refractivity contribution in [2.45, 2.75) is 12.8 Å². The number of rotatable bonds is 3. The number of alkyl halides is 3. The van der Waals surface area contributed by atoms with Crippen molar-refractivity contribution in [2.24, 2.45) is 7.05 Å². The first kappa shape index (κ1) is 17.4. The van der Waals surface area contributed by atoms with Crippen molar-refractivity contribution in [1.29, 1.82) is 0 Å². The fraction of sp³-hybridized carbons (Fsp3) is 0.231. The van der Waals surface area contributed by atoms with Crippen LogP contribution in [-0.2, 0) is 24.6 Å². The van der Waals surface area contributed by atoms with Crippen LogP contribution < -0.4 is 5.32 Å². The Hall–Kier alpha value is -1.93. The van der Waals surface area contributed by atoms with Gasteiger partial charge in [-0.2, -0.15) is 18.3 Å². The average molecular weight is 368 g/mol. The molecule has 10 heteroatoms. The Labute approximate surface area is 138 Å². The van der Waals surface area contributed by atoms with Crippen molar-refractivity contribution in [2.75, 3.05) is 5.32 Å². The number of amides is 1. The van der Waals surface area contributed by atoms with Crippen LogP contribution in [0.15, 0.2) is 24.4 Å². The van der Waals surface area contributed by atoms with E-state index in [1.54, 1.807) is 6.07 Å². The third-order valence-electron chi connectivity index (χ3n) is 2.83. The molecule has 0 aliphatic heterocycles. The van der Waals surface area contributed by atoms with Crippen molar-refractivity contribution >= 4 is 35.0 Å². The zero-order chi connectivity index (χ0) is 17.2. The lowest BCUT2D eigenvalue weighted by Crippen LogP contribution is -2.17. The minimum atomic E-state index is -4.60. The summed E-state index contributed by atoms with van der Waals surface area (Å²) in [6.45, 7) is -0.601. The Kier molecular flexibility index (Phi) is 5.06. The number of carbonyl (C=O) groups is 1. The van der Waals surface area contributed by atoms with Gasteiger partial charge in [0, 0.05) is 12.6 Å². The Bertz CT molecular complexity index is 711. The quantitative estimate of drug-likeness (QED) is 0.868. The summed E-state index contributed by atoms with van der Waals surface area (Å²) >= 11 is 11.7. The molecule has 2 rings (SSSR count). The van der Waals surface area contributed by atoms with E-state index in [4.69, 9.17) is 27.9 Å². The second kappa shape index (κ2) is 6.67. The van der Waals surface area contributed by atoms with Crippen molar-refractivity contribution in [3.05, 3.63) is 45.7 Å². The zero-order valence-corrected chi connectivity index (χ0v) is 13.1. The van der Waals surface area contributed by atoms with Crippen LogP contribution in [0.5, 0.6) is 0 Å². The van der Waals surface area contributed by atoms with E-state index in [0.29, 0.717) is 4.68 Å². The van der Waals surface area contributed by atoms with Gasteiger partial charge in [0.05, 0.1) is 21.9 Å². The number of aromatic nitrogens is 2. The maximum atomic E-state index is 12.9. The van der Waals surface area contributed by atoms with Crippen LogP contribution in [0.2, 0.25) is 10.0 Å². The summed E-state index contributed by atoms with van der Waals surface area (Å²) in [5.41, 5.74) is -1.13. The topological polar surface area (TPSA) is 56.2 Å². The van der Waals surface area contributed by atoms with Gasteiger partial charge in [-0.25, -0.2) is 4.79 Å². The number of benzene rings is 1. The lowest BCUT2D eigenvalue weighted by Gasteiger charge is -2.12. The largest absolute Gasteiger partial charge is 0.444 e. The van der Waals surface area contributed by atoms with Gasteiger partial charge in [0.15, 0.2) is 0 Å². The zero-order valence-electron chi connectivity index (χ0n) is 11.6. The molecule has 23 heavy (non-hydrogen) atoms. The first-order valence-electron chi connectivity index (χ1n) is 6.16. The minimum Gasteiger partial charge on any atom is -0.444 e. The number of ether oxygens (including phenoxy) is 1. The molecular formula is C13H10Cl2F3N3O2. The lowest BCUT2D eigenvalue weighted by atomic mass is 10.2. The number of aryl methyl sites for hydroxylation is 1. The highest BCUT2D eigenvalue weighted by atomic mass is 35.5. The van der Waals surface area contributed by atoms with Gasteiger partial charge >= 0.3 is 12.3 Å². The van der Waals surface area contributed by atoms with Gasteiger partial charge in [0.25, 0.3) is 0 Å². The fourth-order valence-electron chi connectivity index (χ4n) is 1.85. The molecule has 0 saturated heterocycles. The van der Waals surface area contributed by atoms with E-state index in [1.165, 1.54) is 12.1 Å². The number of para-hydroxylation sites is 1. The Morgan fingerprint density at radius 2 is 1.96 bits per heavy atom. The van der Waals surface area contributed by atoms with Gasteiger partial charge in [-0.3, -0.25) is 10.00 Å². The standard InChI is InChI=1S/C13H10Cl2F3N3O2/c1-21-11(13(16,17)18)7(5-19-21)6-23-12(22)20-10-8(14)3-2-4-9(10)15/h2-5H,6H2,1H3,(H,20,22). The van der Waals surface area contributed by atoms with Crippen LogP contribution >= 0.6 is 23.2 Å². The van der Waals surface area contributed by atoms with E-state index >= 15 is 0 Å². The number of anilines is 1. The van der Waals surface area contributed by atoms with Crippen molar-refractivity contribution < 1.29 is 22.7 Å². The average Bonchev–Trinajstić information content (AvgIpc) is 2.82. The van der Waals surface area contributed by atoms with Crippen LogP contribution in [0.25, 0.3) is 0 Å². The maximum absolute atomic E-state index is 12.9. The number of nitrogens with zero attached hydrogens (tertiary/aromatic N) is 2. The lowest BCUT2D eigenvalue weighted by molar-refractivity contribution is -0.144. The Morgan fingerprint density at radius 3 is 2.52 bits per heavy atom. The van der Waals surface area contributed by atoms with E-state index in [1.807, 2.05) is 0 Å². The molecule has 0 radical (unpaired) electrons. The number of halogens is 5. The van der Waals surface area contributed by atoms with Gasteiger partial charge in [0.1, 0.15) is 12.3 Å². The summed E-state index contributed by atoms with van der Waals surface area (Å²) in [5, 5.41) is 6.14. The molecule has 0 bridgehead atoms. The van der Waals surface area contributed by atoms with Crippen molar-refractivity contribution in [1.82, 2.24) is 9.78 Å². The van der Waals surface area contributed by atoms with Crippen molar-refractivity contribution in [3.63, 3.8) is 0 Å². The summed E-state index contributed by atoms with van der Waals surface area (Å²) in [5.74, 6) is 0. The van der Waals surface area contributed by atoms with Crippen molar-refractivity contribution in [3.8, 4) is 0 Å². The predicted octanol–water partition coefficient (Wildman–Crippen LogP) is 4.49. The van der Waals surface area contributed by atoms with Crippen LogP contribution in [0.3, 0.4) is 0 Å². The first-order valence-corrected chi connectivity index (χ1v) is 6.91. The number of carbonyl (C=O) groups excluding carboxylic acids is 1. The summed E-state index contributed by atoms with van der Waals surface area (Å²) in [6.07, 6.45) is -4.61. The van der Waals surface area contributed by atoms with Gasteiger partial charge < -0.3 is 4.74 Å². The van der Waals surface area contributed by atoms with E-state index in [0.717, 1.165) is 13.2 Å². The third kappa shape index (κ3) is 4.08. The summed E-state index contributed by atoms with van der Waals surface area (Å²) < 4.78 is 44.0. The Balaban J connectivity index is 2.06. The van der Waals surface area contributed by atoms with E-state index in [2.05, 4.69) is 10.4 Å². The monoisotopic (exact) mass is 367 g/mol. The smallest absolute Gasteiger partial charge is 0.433 e. The molecule has 0 aliphatic carbocycles. The van der Waals surface area contributed by atoms with Gasteiger partial charge in [-0.05, 0) is 12.1 Å². The number of nitrogens with one attached hydrogen (secondary N) is 1. The number of hydrogen-bond donors (Lipinski definition) is 1. The highest BCUT2D eigenvalue weighted by molar-refractivity contribution is 6.39. The molecule has 2 aromatic rings. The SMILES string of the molecule is Cn1ncc(COC(=O)Nc2c(Cl)cccc2Cl)c1C(F)(F)F. The third-order valence-corrected chi connectivity index (χ3v) is 3.46. The van der Waals surface area contributed by atoms with Crippen LogP contribution in [0.4, 0.5) is 23.7 Å². The van der Waals surface area contributed by atoms with E-state index in [-0.39, 0.29) is 21.3 Å². The second-order valence-electron chi connectivity index (χ2n) is 4.44. The molecule has 1 aromatic carbocycles. The molecular weight excluding hydrogens is 358 g/mol. The molecule has 0 fully saturated rings. The molecule has 1 N–H and O–H groups in total. The van der Waals surface area contributed by atoms with E-state index in [9.17, 15) is 18.0 Å².